The molecule has 2 aromatic rings. The highest BCUT2D eigenvalue weighted by atomic mass is 19.1. The van der Waals surface area contributed by atoms with Crippen LogP contribution in [-0.4, -0.2) is 18.3 Å². The van der Waals surface area contributed by atoms with Crippen LogP contribution in [0.2, 0.25) is 0 Å². The van der Waals surface area contributed by atoms with Crippen molar-refractivity contribution in [2.75, 3.05) is 13.2 Å². The molecule has 4 heteroatoms. The number of aryl methyl sites for hydroxylation is 1. The van der Waals surface area contributed by atoms with Crippen molar-refractivity contribution in [2.24, 2.45) is 0 Å². The Morgan fingerprint density at radius 1 is 1.05 bits per heavy atom. The predicted octanol–water partition coefficient (Wildman–Crippen LogP) is 3.38. The fourth-order valence-electron chi connectivity index (χ4n) is 2.48. The van der Waals surface area contributed by atoms with E-state index in [1.54, 1.807) is 31.2 Å². The van der Waals surface area contributed by atoms with Crippen molar-refractivity contribution in [3.63, 3.8) is 0 Å². The molecule has 0 spiro atoms. The molecule has 21 heavy (non-hydrogen) atoms. The van der Waals surface area contributed by atoms with Gasteiger partial charge in [0.2, 0.25) is 0 Å². The zero-order valence-electron chi connectivity index (χ0n) is 11.8. The molecule has 2 aromatic carbocycles. The monoisotopic (exact) mass is 288 g/mol. The van der Waals surface area contributed by atoms with Gasteiger partial charge < -0.3 is 14.6 Å². The Bertz CT molecular complexity index is 654. The molecule has 0 saturated heterocycles. The standard InChI is InChI=1S/C17H17FO3/c1-11-9-13(18)4-5-14(11)17(19)12-3-6-15-16(10-12)21-8-2-7-20-15/h3-6,9-10,17,19H,2,7-8H2,1H3. The van der Waals surface area contributed by atoms with Gasteiger partial charge in [0.1, 0.15) is 11.9 Å². The van der Waals surface area contributed by atoms with Gasteiger partial charge in [-0.25, -0.2) is 4.39 Å². The molecule has 0 fully saturated rings. The van der Waals surface area contributed by atoms with E-state index < -0.39 is 6.10 Å². The van der Waals surface area contributed by atoms with E-state index >= 15 is 0 Å². The van der Waals surface area contributed by atoms with Crippen molar-refractivity contribution < 1.29 is 19.0 Å². The lowest BCUT2D eigenvalue weighted by molar-refractivity contribution is 0.218. The SMILES string of the molecule is Cc1cc(F)ccc1C(O)c1ccc2c(c1)OCCCO2. The first-order valence-corrected chi connectivity index (χ1v) is 6.99. The van der Waals surface area contributed by atoms with E-state index in [-0.39, 0.29) is 5.82 Å². The second-order valence-electron chi connectivity index (χ2n) is 5.16. The third-order valence-electron chi connectivity index (χ3n) is 3.61. The van der Waals surface area contributed by atoms with E-state index in [4.69, 9.17) is 9.47 Å². The van der Waals surface area contributed by atoms with Crippen LogP contribution in [-0.2, 0) is 0 Å². The van der Waals surface area contributed by atoms with Crippen molar-refractivity contribution in [1.29, 1.82) is 0 Å². The molecule has 3 nitrogen and oxygen atoms in total. The number of fused-ring (bicyclic) bond motifs is 1. The van der Waals surface area contributed by atoms with Gasteiger partial charge in [-0.05, 0) is 47.9 Å². The minimum Gasteiger partial charge on any atom is -0.490 e. The van der Waals surface area contributed by atoms with E-state index in [1.165, 1.54) is 12.1 Å². The lowest BCUT2D eigenvalue weighted by Crippen LogP contribution is -2.03. The number of hydrogen-bond donors (Lipinski definition) is 1. The Hall–Kier alpha value is -2.07. The van der Waals surface area contributed by atoms with Crippen LogP contribution in [0.4, 0.5) is 4.39 Å². The Kier molecular flexibility index (Phi) is 3.80. The quantitative estimate of drug-likeness (QED) is 0.920. The van der Waals surface area contributed by atoms with E-state index in [2.05, 4.69) is 0 Å². The molecule has 1 N–H and O–H groups in total. The van der Waals surface area contributed by atoms with E-state index in [0.29, 0.717) is 35.8 Å². The largest absolute Gasteiger partial charge is 0.490 e. The molecule has 1 unspecified atom stereocenters. The molecule has 1 heterocycles. The number of ether oxygens (including phenoxy) is 2. The van der Waals surface area contributed by atoms with Gasteiger partial charge >= 0.3 is 0 Å². The molecule has 0 radical (unpaired) electrons. The summed E-state index contributed by atoms with van der Waals surface area (Å²) in [6.07, 6.45) is 0.0200. The predicted molar refractivity (Wildman–Crippen MR) is 77.2 cm³/mol. The molecule has 3 rings (SSSR count). The van der Waals surface area contributed by atoms with Gasteiger partial charge in [-0.15, -0.1) is 0 Å². The third-order valence-corrected chi connectivity index (χ3v) is 3.61. The van der Waals surface area contributed by atoms with Crippen molar-refractivity contribution in [2.45, 2.75) is 19.4 Å². The maximum absolute atomic E-state index is 13.2. The maximum atomic E-state index is 13.2. The molecule has 0 aromatic heterocycles. The van der Waals surface area contributed by atoms with Crippen LogP contribution in [0.25, 0.3) is 0 Å². The minimum atomic E-state index is -0.817. The number of benzene rings is 2. The molecular formula is C17H17FO3. The van der Waals surface area contributed by atoms with E-state index in [0.717, 1.165) is 12.0 Å². The van der Waals surface area contributed by atoms with Gasteiger partial charge in [0.05, 0.1) is 13.2 Å². The van der Waals surface area contributed by atoms with Crippen LogP contribution in [0.15, 0.2) is 36.4 Å². The molecule has 0 bridgehead atoms. The van der Waals surface area contributed by atoms with Crippen molar-refractivity contribution in [3.05, 3.63) is 58.9 Å². The lowest BCUT2D eigenvalue weighted by atomic mass is 9.97. The Balaban J connectivity index is 1.94. The average molecular weight is 288 g/mol. The summed E-state index contributed by atoms with van der Waals surface area (Å²) in [5, 5.41) is 10.5. The lowest BCUT2D eigenvalue weighted by Gasteiger charge is -2.16. The van der Waals surface area contributed by atoms with Crippen LogP contribution in [0.3, 0.4) is 0 Å². The number of aliphatic hydroxyl groups excluding tert-OH is 1. The van der Waals surface area contributed by atoms with Crippen LogP contribution >= 0.6 is 0 Å². The summed E-state index contributed by atoms with van der Waals surface area (Å²) in [6.45, 7) is 3.01. The number of rotatable bonds is 2. The molecule has 110 valence electrons. The average Bonchev–Trinajstić information content (AvgIpc) is 2.71. The molecule has 1 aliphatic rings. The second kappa shape index (κ2) is 5.74. The molecule has 1 aliphatic heterocycles. The normalized spacial score (nSPS) is 15.4. The summed E-state index contributed by atoms with van der Waals surface area (Å²) >= 11 is 0. The maximum Gasteiger partial charge on any atom is 0.161 e. The number of hydrogen-bond acceptors (Lipinski definition) is 3. The summed E-state index contributed by atoms with van der Waals surface area (Å²) in [5.41, 5.74) is 2.11. The summed E-state index contributed by atoms with van der Waals surface area (Å²) in [6, 6.07) is 9.78. The summed E-state index contributed by atoms with van der Waals surface area (Å²) in [5.74, 6) is 1.03. The fraction of sp³-hybridized carbons (Fsp3) is 0.294. The number of aliphatic hydroxyl groups is 1. The van der Waals surface area contributed by atoms with Crippen molar-refractivity contribution >= 4 is 0 Å². The van der Waals surface area contributed by atoms with Gasteiger partial charge in [-0.1, -0.05) is 12.1 Å². The highest BCUT2D eigenvalue weighted by molar-refractivity contribution is 5.46. The minimum absolute atomic E-state index is 0.304. The first-order chi connectivity index (χ1) is 10.1. The van der Waals surface area contributed by atoms with Crippen LogP contribution in [0.1, 0.15) is 29.2 Å². The van der Waals surface area contributed by atoms with Gasteiger partial charge in [0, 0.05) is 6.42 Å². The van der Waals surface area contributed by atoms with E-state index in [9.17, 15) is 9.50 Å². The summed E-state index contributed by atoms with van der Waals surface area (Å²) in [7, 11) is 0. The molecule has 1 atom stereocenters. The number of halogens is 1. The molecule has 0 saturated carbocycles. The Morgan fingerprint density at radius 2 is 1.81 bits per heavy atom. The van der Waals surface area contributed by atoms with E-state index in [1.807, 2.05) is 0 Å². The first kappa shape index (κ1) is 13.9. The zero-order chi connectivity index (χ0) is 14.8. The summed E-state index contributed by atoms with van der Waals surface area (Å²) in [4.78, 5) is 0. The van der Waals surface area contributed by atoms with Crippen molar-refractivity contribution in [3.8, 4) is 11.5 Å². The Morgan fingerprint density at radius 3 is 2.57 bits per heavy atom. The molecule has 0 aliphatic carbocycles. The van der Waals surface area contributed by atoms with Crippen molar-refractivity contribution in [1.82, 2.24) is 0 Å². The zero-order valence-corrected chi connectivity index (χ0v) is 11.8. The smallest absolute Gasteiger partial charge is 0.161 e. The van der Waals surface area contributed by atoms with Crippen LogP contribution in [0.5, 0.6) is 11.5 Å². The van der Waals surface area contributed by atoms with Gasteiger partial charge in [0.15, 0.2) is 11.5 Å². The van der Waals surface area contributed by atoms with Gasteiger partial charge in [0.25, 0.3) is 0 Å². The fourth-order valence-corrected chi connectivity index (χ4v) is 2.48. The highest BCUT2D eigenvalue weighted by Crippen LogP contribution is 2.34. The van der Waals surface area contributed by atoms with Crippen LogP contribution in [0, 0.1) is 12.7 Å². The van der Waals surface area contributed by atoms with Gasteiger partial charge in [-0.2, -0.15) is 0 Å². The third kappa shape index (κ3) is 2.85. The highest BCUT2D eigenvalue weighted by Gasteiger charge is 2.17. The summed E-state index contributed by atoms with van der Waals surface area (Å²) < 4.78 is 24.4. The first-order valence-electron chi connectivity index (χ1n) is 6.99. The molecule has 0 amide bonds. The molecular weight excluding hydrogens is 271 g/mol. The Labute approximate surface area is 122 Å². The van der Waals surface area contributed by atoms with Crippen LogP contribution < -0.4 is 9.47 Å². The topological polar surface area (TPSA) is 38.7 Å². The van der Waals surface area contributed by atoms with Gasteiger partial charge in [-0.3, -0.25) is 0 Å². The second-order valence-corrected chi connectivity index (χ2v) is 5.16.